The third-order valence-corrected chi connectivity index (χ3v) is 5.21. The van der Waals surface area contributed by atoms with E-state index in [-0.39, 0.29) is 24.1 Å². The zero-order valence-corrected chi connectivity index (χ0v) is 17.1. The van der Waals surface area contributed by atoms with Crippen LogP contribution in [0.1, 0.15) is 29.5 Å². The largest absolute Gasteiger partial charge is 0.416 e. The topological polar surface area (TPSA) is 70.2 Å². The Kier molecular flexibility index (Phi) is 7.29. The quantitative estimate of drug-likeness (QED) is 0.460. The second kappa shape index (κ2) is 9.95. The fourth-order valence-corrected chi connectivity index (χ4v) is 3.53. The molecule has 9 heteroatoms. The van der Waals surface area contributed by atoms with E-state index < -0.39 is 35.8 Å². The van der Waals surface area contributed by atoms with Crippen LogP contribution in [0.5, 0.6) is 0 Å². The number of halogens is 4. The Morgan fingerprint density at radius 2 is 1.75 bits per heavy atom. The molecule has 1 fully saturated rings. The Labute approximate surface area is 182 Å². The van der Waals surface area contributed by atoms with E-state index in [1.165, 1.54) is 6.08 Å². The summed E-state index contributed by atoms with van der Waals surface area (Å²) in [6.07, 6.45) is -1.29. The van der Waals surface area contributed by atoms with Gasteiger partial charge in [0.1, 0.15) is 12.2 Å². The van der Waals surface area contributed by atoms with E-state index in [1.807, 2.05) is 30.3 Å². The minimum absolute atomic E-state index is 0.176. The first-order chi connectivity index (χ1) is 15.2. The Bertz CT molecular complexity index is 984. The number of carbonyl (C=O) groups excluding carboxylic acids is 2. The van der Waals surface area contributed by atoms with E-state index in [9.17, 15) is 27.2 Å². The van der Waals surface area contributed by atoms with E-state index in [0.717, 1.165) is 17.7 Å². The van der Waals surface area contributed by atoms with Crippen LogP contribution in [-0.2, 0) is 22.4 Å². The molecule has 0 aromatic heterocycles. The molecule has 1 aliphatic heterocycles. The first-order valence-corrected chi connectivity index (χ1v) is 10.1. The summed E-state index contributed by atoms with van der Waals surface area (Å²) in [5, 5.41) is 8.26. The Morgan fingerprint density at radius 1 is 1.06 bits per heavy atom. The van der Waals surface area contributed by atoms with Gasteiger partial charge in [-0.2, -0.15) is 13.2 Å². The third kappa shape index (κ3) is 5.94. The molecule has 5 nitrogen and oxygen atoms in total. The van der Waals surface area contributed by atoms with E-state index in [4.69, 9.17) is 0 Å². The number of benzene rings is 2. The lowest BCUT2D eigenvalue weighted by Crippen LogP contribution is -2.61. The van der Waals surface area contributed by atoms with E-state index in [1.54, 1.807) is 6.08 Å². The molecule has 32 heavy (non-hydrogen) atoms. The second-order valence-corrected chi connectivity index (χ2v) is 7.57. The van der Waals surface area contributed by atoms with Gasteiger partial charge in [0.05, 0.1) is 5.56 Å². The zero-order chi connectivity index (χ0) is 23.2. The molecule has 3 N–H and O–H groups in total. The van der Waals surface area contributed by atoms with Crippen LogP contribution in [0.25, 0.3) is 6.08 Å². The molecule has 1 heterocycles. The van der Waals surface area contributed by atoms with Crippen molar-refractivity contribution in [1.82, 2.24) is 10.6 Å². The van der Waals surface area contributed by atoms with Crippen molar-refractivity contribution in [2.24, 2.45) is 0 Å². The third-order valence-electron chi connectivity index (χ3n) is 5.21. The minimum Gasteiger partial charge on any atom is -0.338 e. The second-order valence-electron chi connectivity index (χ2n) is 7.57. The maximum absolute atomic E-state index is 13.1. The zero-order valence-electron chi connectivity index (χ0n) is 17.1. The highest BCUT2D eigenvalue weighted by atomic mass is 19.4. The molecule has 1 saturated heterocycles. The van der Waals surface area contributed by atoms with Crippen LogP contribution in [0.4, 0.5) is 23.2 Å². The van der Waals surface area contributed by atoms with Crippen LogP contribution in [0, 0.1) is 0 Å². The number of anilines is 1. The highest BCUT2D eigenvalue weighted by Crippen LogP contribution is 2.33. The van der Waals surface area contributed by atoms with E-state index in [2.05, 4.69) is 16.0 Å². The van der Waals surface area contributed by atoms with Gasteiger partial charge >= 0.3 is 6.18 Å². The summed E-state index contributed by atoms with van der Waals surface area (Å²) in [7, 11) is 0. The molecule has 1 aliphatic rings. The number of carbonyl (C=O) groups is 2. The van der Waals surface area contributed by atoms with Crippen LogP contribution < -0.4 is 16.0 Å². The van der Waals surface area contributed by atoms with E-state index in [0.29, 0.717) is 19.2 Å². The molecular formula is C23H23F4N3O2. The fraction of sp³-hybridized carbons (Fsp3) is 0.304. The van der Waals surface area contributed by atoms with Gasteiger partial charge in [-0.15, -0.1) is 0 Å². The first kappa shape index (κ1) is 23.5. The molecule has 2 amide bonds. The predicted molar refractivity (Wildman–Crippen MR) is 113 cm³/mol. The molecule has 0 unspecified atom stereocenters. The molecule has 0 atom stereocenters. The van der Waals surface area contributed by atoms with Crippen LogP contribution in [-0.4, -0.2) is 30.4 Å². The van der Waals surface area contributed by atoms with Gasteiger partial charge in [-0.3, -0.25) is 9.59 Å². The van der Waals surface area contributed by atoms with Crippen molar-refractivity contribution in [3.05, 3.63) is 71.3 Å². The summed E-state index contributed by atoms with van der Waals surface area (Å²) in [4.78, 5) is 25.6. The average molecular weight is 449 g/mol. The Hall–Kier alpha value is -3.20. The van der Waals surface area contributed by atoms with Crippen molar-refractivity contribution in [3.63, 3.8) is 0 Å². The summed E-state index contributed by atoms with van der Waals surface area (Å²) in [6.45, 7) is -0.230. The highest BCUT2D eigenvalue weighted by molar-refractivity contribution is 6.03. The predicted octanol–water partition coefficient (Wildman–Crippen LogP) is 4.07. The van der Waals surface area contributed by atoms with Gasteiger partial charge in [0.25, 0.3) is 0 Å². The molecule has 0 bridgehead atoms. The van der Waals surface area contributed by atoms with Gasteiger partial charge in [-0.1, -0.05) is 30.3 Å². The Morgan fingerprint density at radius 3 is 2.38 bits per heavy atom. The molecule has 0 radical (unpaired) electrons. The normalized spacial score (nSPS) is 16.0. The lowest BCUT2D eigenvalue weighted by Gasteiger charge is -2.36. The number of piperidine rings is 1. The maximum Gasteiger partial charge on any atom is 0.416 e. The van der Waals surface area contributed by atoms with Crippen molar-refractivity contribution in [2.75, 3.05) is 18.4 Å². The van der Waals surface area contributed by atoms with Crippen molar-refractivity contribution >= 4 is 23.6 Å². The van der Waals surface area contributed by atoms with Crippen LogP contribution in [0.15, 0.2) is 54.6 Å². The van der Waals surface area contributed by atoms with Gasteiger partial charge in [0, 0.05) is 11.8 Å². The number of amides is 2. The van der Waals surface area contributed by atoms with Gasteiger partial charge in [0.2, 0.25) is 11.8 Å². The Balaban J connectivity index is 1.80. The van der Waals surface area contributed by atoms with Crippen molar-refractivity contribution in [3.8, 4) is 0 Å². The number of hydrogen-bond donors (Lipinski definition) is 3. The summed E-state index contributed by atoms with van der Waals surface area (Å²) < 4.78 is 52.5. The SMILES string of the molecule is O=C(/C=C\c1ccccc1)NC1(C(=O)Nc2cc(CF)cc(C(F)(F)F)c2)CCNCC1. The first-order valence-electron chi connectivity index (χ1n) is 10.1. The maximum atomic E-state index is 13.1. The number of rotatable bonds is 6. The standard InChI is InChI=1S/C23H23F4N3O2/c24-15-17-12-18(23(25,26)27)14-19(13-17)29-21(32)22(8-10-28-11-9-22)30-20(31)7-6-16-4-2-1-3-5-16/h1-7,12-14,28H,8-11,15H2,(H,29,32)(H,30,31)/b7-6-. The molecular weight excluding hydrogens is 426 g/mol. The van der Waals surface area contributed by atoms with Gasteiger partial charge in [-0.05, 0) is 61.3 Å². The molecule has 0 saturated carbocycles. The summed E-state index contributed by atoms with van der Waals surface area (Å²) in [5.74, 6) is -1.15. The summed E-state index contributed by atoms with van der Waals surface area (Å²) >= 11 is 0. The van der Waals surface area contributed by atoms with Crippen LogP contribution >= 0.6 is 0 Å². The van der Waals surface area contributed by atoms with Crippen molar-refractivity contribution in [2.45, 2.75) is 31.2 Å². The molecule has 2 aromatic rings. The lowest BCUT2D eigenvalue weighted by molar-refractivity contribution is -0.137. The minimum atomic E-state index is -4.69. The van der Waals surface area contributed by atoms with Crippen LogP contribution in [0.3, 0.4) is 0 Å². The molecule has 170 valence electrons. The van der Waals surface area contributed by atoms with E-state index >= 15 is 0 Å². The monoisotopic (exact) mass is 449 g/mol. The van der Waals surface area contributed by atoms with Gasteiger partial charge < -0.3 is 16.0 Å². The highest BCUT2D eigenvalue weighted by Gasteiger charge is 2.41. The van der Waals surface area contributed by atoms with Crippen molar-refractivity contribution < 1.29 is 27.2 Å². The van der Waals surface area contributed by atoms with Gasteiger partial charge in [-0.25, -0.2) is 4.39 Å². The number of alkyl halides is 4. The molecule has 0 aliphatic carbocycles. The molecule has 0 spiro atoms. The number of nitrogens with one attached hydrogen (secondary N) is 3. The van der Waals surface area contributed by atoms with Gasteiger partial charge in [0.15, 0.2) is 0 Å². The van der Waals surface area contributed by atoms with Crippen molar-refractivity contribution in [1.29, 1.82) is 0 Å². The fourth-order valence-electron chi connectivity index (χ4n) is 3.53. The molecule has 3 rings (SSSR count). The smallest absolute Gasteiger partial charge is 0.338 e. The van der Waals surface area contributed by atoms with Crippen LogP contribution in [0.2, 0.25) is 0 Å². The summed E-state index contributed by atoms with van der Waals surface area (Å²) in [5.41, 5.74) is -1.95. The summed E-state index contributed by atoms with van der Waals surface area (Å²) in [6, 6.07) is 11.7. The average Bonchev–Trinajstić information content (AvgIpc) is 2.78. The number of hydrogen-bond acceptors (Lipinski definition) is 3. The molecule has 2 aromatic carbocycles. The lowest BCUT2D eigenvalue weighted by atomic mass is 9.87.